The second-order valence-electron chi connectivity index (χ2n) is 6.70. The van der Waals surface area contributed by atoms with Crippen molar-refractivity contribution in [1.29, 1.82) is 0 Å². The van der Waals surface area contributed by atoms with Crippen LogP contribution in [0.4, 0.5) is 0 Å². The largest absolute Gasteiger partial charge is 0.347 e. The Morgan fingerprint density at radius 3 is 2.35 bits per heavy atom. The maximum Gasteiger partial charge on any atom is 0.171 e. The highest BCUT2D eigenvalue weighted by atomic mass is 28.3. The zero-order chi connectivity index (χ0) is 12.7. The molecule has 0 bridgehead atoms. The summed E-state index contributed by atoms with van der Waals surface area (Å²) in [6, 6.07) is 0. The van der Waals surface area contributed by atoms with Crippen molar-refractivity contribution in [2.45, 2.75) is 52.1 Å². The van der Waals surface area contributed by atoms with Gasteiger partial charge < -0.3 is 9.47 Å². The average Bonchev–Trinajstić information content (AvgIpc) is 2.75. The number of allylic oxidation sites excluding steroid dienone is 1. The lowest BCUT2D eigenvalue weighted by molar-refractivity contribution is -0.180. The minimum absolute atomic E-state index is 0.251. The summed E-state index contributed by atoms with van der Waals surface area (Å²) in [5.74, 6) is 0.900. The predicted octanol–water partition coefficient (Wildman–Crippen LogP) is 3.60. The summed E-state index contributed by atoms with van der Waals surface area (Å²) >= 11 is 0. The van der Waals surface area contributed by atoms with Crippen LogP contribution >= 0.6 is 0 Å². The number of rotatable bonds is 2. The van der Waals surface area contributed by atoms with Gasteiger partial charge in [-0.3, -0.25) is 0 Å². The van der Waals surface area contributed by atoms with Crippen molar-refractivity contribution in [1.82, 2.24) is 0 Å². The molecular formula is C14H26O2Si. The van der Waals surface area contributed by atoms with Gasteiger partial charge in [-0.25, -0.2) is 0 Å². The summed E-state index contributed by atoms with van der Waals surface area (Å²) in [6.07, 6.45) is 2.28. The third-order valence-corrected chi connectivity index (χ3v) is 5.44. The third-order valence-electron chi connectivity index (χ3n) is 4.12. The Hall–Kier alpha value is -0.123. The molecule has 0 aromatic heterocycles. The van der Waals surface area contributed by atoms with Gasteiger partial charge in [0.05, 0.1) is 21.3 Å². The molecule has 3 heteroatoms. The highest BCUT2D eigenvalue weighted by Gasteiger charge is 2.50. The zero-order valence-corrected chi connectivity index (χ0v) is 12.9. The Labute approximate surface area is 106 Å². The molecule has 2 fully saturated rings. The maximum absolute atomic E-state index is 5.89. The van der Waals surface area contributed by atoms with E-state index in [0.29, 0.717) is 11.8 Å². The van der Waals surface area contributed by atoms with Gasteiger partial charge in [0.2, 0.25) is 0 Å². The van der Waals surface area contributed by atoms with Gasteiger partial charge >= 0.3 is 0 Å². The standard InChI is InChI=1S/C14H26O2Si/c1-11(10-17(3,4)5)13-6-7-14(12(13)2)15-8-9-16-14/h10,12-13H,6-9H2,1-5H3/b11-10+/t12-,13-/m0/s1. The van der Waals surface area contributed by atoms with Crippen LogP contribution in [0.1, 0.15) is 26.7 Å². The average molecular weight is 254 g/mol. The summed E-state index contributed by atoms with van der Waals surface area (Å²) in [6.45, 7) is 13.3. The molecule has 1 saturated heterocycles. The smallest absolute Gasteiger partial charge is 0.171 e. The van der Waals surface area contributed by atoms with Gasteiger partial charge in [-0.05, 0) is 19.3 Å². The molecule has 2 rings (SSSR count). The first kappa shape index (κ1) is 13.3. The highest BCUT2D eigenvalue weighted by Crippen LogP contribution is 2.48. The number of ether oxygens (including phenoxy) is 2. The van der Waals surface area contributed by atoms with Crippen LogP contribution in [0.25, 0.3) is 0 Å². The normalized spacial score (nSPS) is 33.6. The Kier molecular flexibility index (Phi) is 3.54. The first-order valence-electron chi connectivity index (χ1n) is 6.81. The second-order valence-corrected chi connectivity index (χ2v) is 11.7. The molecule has 1 aliphatic carbocycles. The first-order chi connectivity index (χ1) is 7.84. The van der Waals surface area contributed by atoms with Crippen molar-refractivity contribution in [3.05, 3.63) is 11.3 Å². The van der Waals surface area contributed by atoms with Crippen LogP contribution in [0.15, 0.2) is 11.3 Å². The van der Waals surface area contributed by atoms with E-state index in [4.69, 9.17) is 9.47 Å². The zero-order valence-electron chi connectivity index (χ0n) is 11.9. The van der Waals surface area contributed by atoms with E-state index in [0.717, 1.165) is 19.6 Å². The molecule has 0 unspecified atom stereocenters. The van der Waals surface area contributed by atoms with Crippen molar-refractivity contribution < 1.29 is 9.47 Å². The summed E-state index contributed by atoms with van der Waals surface area (Å²) in [4.78, 5) is 0. The Balaban J connectivity index is 2.12. The fraction of sp³-hybridized carbons (Fsp3) is 0.857. The molecule has 1 aliphatic heterocycles. The maximum atomic E-state index is 5.89. The summed E-state index contributed by atoms with van der Waals surface area (Å²) in [5, 5.41) is 0. The van der Waals surface area contributed by atoms with E-state index in [1.54, 1.807) is 5.57 Å². The predicted molar refractivity (Wildman–Crippen MR) is 73.6 cm³/mol. The molecule has 0 aromatic rings. The van der Waals surface area contributed by atoms with Gasteiger partial charge in [-0.2, -0.15) is 0 Å². The van der Waals surface area contributed by atoms with Gasteiger partial charge in [0.1, 0.15) is 0 Å². The summed E-state index contributed by atoms with van der Waals surface area (Å²) < 4.78 is 11.8. The van der Waals surface area contributed by atoms with E-state index < -0.39 is 8.07 Å². The quantitative estimate of drug-likeness (QED) is 0.701. The van der Waals surface area contributed by atoms with Crippen molar-refractivity contribution in [2.24, 2.45) is 11.8 Å². The van der Waals surface area contributed by atoms with E-state index in [-0.39, 0.29) is 5.79 Å². The minimum Gasteiger partial charge on any atom is -0.347 e. The lowest BCUT2D eigenvalue weighted by Gasteiger charge is -2.30. The van der Waals surface area contributed by atoms with Crippen LogP contribution in [0.3, 0.4) is 0 Å². The Bertz CT molecular complexity index is 311. The molecule has 2 atom stereocenters. The fourth-order valence-electron chi connectivity index (χ4n) is 3.43. The van der Waals surface area contributed by atoms with Gasteiger partial charge in [-0.15, -0.1) is 0 Å². The SMILES string of the molecule is C/C(=C\[Si](C)(C)C)[C@@H]1CCC2(OCCO2)[C@H]1C. The van der Waals surface area contributed by atoms with Crippen LogP contribution in [-0.4, -0.2) is 27.1 Å². The molecule has 0 radical (unpaired) electrons. The van der Waals surface area contributed by atoms with Crippen molar-refractivity contribution in [3.8, 4) is 0 Å². The molecular weight excluding hydrogens is 228 g/mol. The first-order valence-corrected chi connectivity index (χ1v) is 10.4. The molecule has 17 heavy (non-hydrogen) atoms. The molecule has 98 valence electrons. The molecule has 0 aromatic carbocycles. The van der Waals surface area contributed by atoms with Gasteiger partial charge in [0.25, 0.3) is 0 Å². The van der Waals surface area contributed by atoms with E-state index in [1.807, 2.05) is 0 Å². The van der Waals surface area contributed by atoms with Crippen molar-refractivity contribution in [2.75, 3.05) is 13.2 Å². The molecule has 2 aliphatic rings. The van der Waals surface area contributed by atoms with Crippen LogP contribution in [0.5, 0.6) is 0 Å². The number of hydrogen-bond acceptors (Lipinski definition) is 2. The van der Waals surface area contributed by atoms with E-state index in [9.17, 15) is 0 Å². The highest BCUT2D eigenvalue weighted by molar-refractivity contribution is 6.81. The summed E-state index contributed by atoms with van der Waals surface area (Å²) in [7, 11) is -1.11. The van der Waals surface area contributed by atoms with Crippen LogP contribution in [-0.2, 0) is 9.47 Å². The molecule has 0 N–H and O–H groups in total. The summed E-state index contributed by atoms with van der Waals surface area (Å²) in [5.41, 5.74) is 4.11. The molecule has 1 heterocycles. The molecule has 1 spiro atoms. The Morgan fingerprint density at radius 1 is 1.24 bits per heavy atom. The second kappa shape index (κ2) is 4.52. The van der Waals surface area contributed by atoms with Crippen molar-refractivity contribution >= 4 is 8.07 Å². The number of hydrogen-bond donors (Lipinski definition) is 0. The van der Waals surface area contributed by atoms with Gasteiger partial charge in [0, 0.05) is 12.3 Å². The Morgan fingerprint density at radius 2 is 1.82 bits per heavy atom. The third kappa shape index (κ3) is 2.66. The monoisotopic (exact) mass is 254 g/mol. The van der Waals surface area contributed by atoms with E-state index >= 15 is 0 Å². The molecule has 1 saturated carbocycles. The molecule has 0 amide bonds. The van der Waals surface area contributed by atoms with Crippen molar-refractivity contribution in [3.63, 3.8) is 0 Å². The van der Waals surface area contributed by atoms with Crippen LogP contribution in [0, 0.1) is 11.8 Å². The lowest BCUT2D eigenvalue weighted by Crippen LogP contribution is -2.35. The van der Waals surface area contributed by atoms with E-state index in [2.05, 4.69) is 39.2 Å². The lowest BCUT2D eigenvalue weighted by atomic mass is 9.90. The van der Waals surface area contributed by atoms with Gasteiger partial charge in [0.15, 0.2) is 5.79 Å². The van der Waals surface area contributed by atoms with E-state index in [1.165, 1.54) is 6.42 Å². The van der Waals surface area contributed by atoms with Gasteiger partial charge in [-0.1, -0.05) is 37.8 Å². The minimum atomic E-state index is -1.11. The van der Waals surface area contributed by atoms with Crippen LogP contribution < -0.4 is 0 Å². The van der Waals surface area contributed by atoms with Crippen LogP contribution in [0.2, 0.25) is 19.6 Å². The fourth-order valence-corrected chi connectivity index (χ4v) is 5.01. The topological polar surface area (TPSA) is 18.5 Å². The molecule has 2 nitrogen and oxygen atoms in total.